The molecule has 0 fully saturated rings. The van der Waals surface area contributed by atoms with Crippen LogP contribution in [0, 0.1) is 11.3 Å². The van der Waals surface area contributed by atoms with Crippen LogP contribution in [0.2, 0.25) is 0 Å². The van der Waals surface area contributed by atoms with Gasteiger partial charge in [0, 0.05) is 18.7 Å². The van der Waals surface area contributed by atoms with Crippen molar-refractivity contribution in [3.63, 3.8) is 0 Å². The number of hydrogen-bond donors (Lipinski definition) is 2. The predicted molar refractivity (Wildman–Crippen MR) is 151 cm³/mol. The van der Waals surface area contributed by atoms with E-state index in [-0.39, 0.29) is 29.9 Å². The summed E-state index contributed by atoms with van der Waals surface area (Å²) in [6.45, 7) is 13.0. The lowest BCUT2D eigenvalue weighted by molar-refractivity contribution is -0.139. The summed E-state index contributed by atoms with van der Waals surface area (Å²) in [5.41, 5.74) is 3.13. The van der Waals surface area contributed by atoms with Crippen LogP contribution >= 0.6 is 0 Å². The molecule has 0 saturated heterocycles. The molecule has 1 aliphatic rings. The molecule has 1 aliphatic heterocycles. The number of carbonyl (C=O) groups excluding carboxylic acids is 3. The van der Waals surface area contributed by atoms with Crippen molar-refractivity contribution in [1.29, 1.82) is 0 Å². The third kappa shape index (κ3) is 7.46. The summed E-state index contributed by atoms with van der Waals surface area (Å²) in [5.74, 6) is -0.304. The third-order valence-corrected chi connectivity index (χ3v) is 6.31. The summed E-state index contributed by atoms with van der Waals surface area (Å²) in [7, 11) is 0. The minimum absolute atomic E-state index is 0.0631. The number of amides is 3. The van der Waals surface area contributed by atoms with Gasteiger partial charge in [-0.3, -0.25) is 9.69 Å². The first-order valence-electron chi connectivity index (χ1n) is 13.5. The van der Waals surface area contributed by atoms with Gasteiger partial charge in [0.15, 0.2) is 0 Å². The number of esters is 1. The van der Waals surface area contributed by atoms with E-state index >= 15 is 0 Å². The van der Waals surface area contributed by atoms with Crippen LogP contribution in [0.25, 0.3) is 5.70 Å². The van der Waals surface area contributed by atoms with E-state index < -0.39 is 12.0 Å². The number of benzene rings is 2. The van der Waals surface area contributed by atoms with Crippen molar-refractivity contribution in [1.82, 2.24) is 10.2 Å². The summed E-state index contributed by atoms with van der Waals surface area (Å²) in [5, 5.41) is 6.01. The summed E-state index contributed by atoms with van der Waals surface area (Å²) >= 11 is 0. The molecular formula is C31H41N3O4. The van der Waals surface area contributed by atoms with Gasteiger partial charge in [-0.15, -0.1) is 0 Å². The fraction of sp³-hybridized carbons (Fsp3) is 0.452. The summed E-state index contributed by atoms with van der Waals surface area (Å²) < 4.78 is 5.48. The summed E-state index contributed by atoms with van der Waals surface area (Å²) in [6, 6.07) is 15.7. The lowest BCUT2D eigenvalue weighted by atomic mass is 9.84. The number of rotatable bonds is 10. The van der Waals surface area contributed by atoms with Crippen LogP contribution in [0.4, 0.5) is 10.5 Å². The second-order valence-electron chi connectivity index (χ2n) is 11.1. The van der Waals surface area contributed by atoms with E-state index in [0.717, 1.165) is 18.4 Å². The first-order chi connectivity index (χ1) is 18.0. The zero-order valence-electron chi connectivity index (χ0n) is 23.5. The number of hydrogen-bond acceptors (Lipinski definition) is 4. The molecule has 1 heterocycles. The standard InChI is InChI=1S/C31H41N3O4/c1-7-17-34-28(22-13-10-9-11-14-22)26(29(36)38-8-2)27(33-30(34)37)23-15-12-16-24(19-23)32-25(35)18-21(3)20-31(4,5)6/h9-16,19,21,27H,7-8,17-18,20H2,1-6H3,(H,32,35)(H,33,37)/t21-,27+/m1/s1. The van der Waals surface area contributed by atoms with Crippen molar-refractivity contribution in [2.24, 2.45) is 11.3 Å². The normalized spacial score (nSPS) is 16.6. The molecule has 2 aromatic carbocycles. The lowest BCUT2D eigenvalue weighted by Crippen LogP contribution is -2.48. The van der Waals surface area contributed by atoms with Gasteiger partial charge in [0.2, 0.25) is 5.91 Å². The second kappa shape index (κ2) is 12.8. The Morgan fingerprint density at radius 3 is 2.42 bits per heavy atom. The zero-order valence-corrected chi connectivity index (χ0v) is 23.5. The Morgan fingerprint density at radius 1 is 1.08 bits per heavy atom. The fourth-order valence-electron chi connectivity index (χ4n) is 5.12. The summed E-state index contributed by atoms with van der Waals surface area (Å²) in [4.78, 5) is 41.1. The Hall–Kier alpha value is -3.61. The van der Waals surface area contributed by atoms with Crippen molar-refractivity contribution < 1.29 is 19.1 Å². The Bertz CT molecular complexity index is 1170. The molecule has 7 nitrogen and oxygen atoms in total. The van der Waals surface area contributed by atoms with E-state index in [4.69, 9.17) is 4.74 Å². The van der Waals surface area contributed by atoms with E-state index in [1.54, 1.807) is 11.8 Å². The predicted octanol–water partition coefficient (Wildman–Crippen LogP) is 6.54. The number of anilines is 1. The molecule has 0 bridgehead atoms. The Kier molecular flexibility index (Phi) is 9.72. The highest BCUT2D eigenvalue weighted by Crippen LogP contribution is 2.37. The minimum atomic E-state index is -0.735. The van der Waals surface area contributed by atoms with E-state index in [9.17, 15) is 14.4 Å². The largest absolute Gasteiger partial charge is 0.463 e. The molecule has 0 spiro atoms. The fourth-order valence-corrected chi connectivity index (χ4v) is 5.12. The average Bonchev–Trinajstić information content (AvgIpc) is 2.84. The molecule has 2 atom stereocenters. The van der Waals surface area contributed by atoms with Gasteiger partial charge in [0.25, 0.3) is 0 Å². The van der Waals surface area contributed by atoms with Crippen LogP contribution in [0.1, 0.15) is 78.0 Å². The minimum Gasteiger partial charge on any atom is -0.463 e. The van der Waals surface area contributed by atoms with Gasteiger partial charge in [-0.25, -0.2) is 9.59 Å². The molecule has 2 N–H and O–H groups in total. The number of nitrogens with zero attached hydrogens (tertiary/aromatic N) is 1. The van der Waals surface area contributed by atoms with Crippen LogP contribution in [0.5, 0.6) is 0 Å². The first-order valence-corrected chi connectivity index (χ1v) is 13.5. The van der Waals surface area contributed by atoms with Gasteiger partial charge in [0.05, 0.1) is 23.9 Å². The second-order valence-corrected chi connectivity index (χ2v) is 11.1. The maximum atomic E-state index is 13.4. The van der Waals surface area contributed by atoms with Crippen molar-refractivity contribution in [3.8, 4) is 0 Å². The van der Waals surface area contributed by atoms with E-state index in [1.165, 1.54) is 0 Å². The zero-order chi connectivity index (χ0) is 27.9. The van der Waals surface area contributed by atoms with Gasteiger partial charge in [0.1, 0.15) is 0 Å². The third-order valence-electron chi connectivity index (χ3n) is 6.31. The summed E-state index contributed by atoms with van der Waals surface area (Å²) in [6.07, 6.45) is 2.08. The monoisotopic (exact) mass is 519 g/mol. The topological polar surface area (TPSA) is 87.7 Å². The van der Waals surface area contributed by atoms with Crippen molar-refractivity contribution in [2.45, 2.75) is 66.8 Å². The quantitative estimate of drug-likeness (QED) is 0.349. The van der Waals surface area contributed by atoms with Gasteiger partial charge < -0.3 is 15.4 Å². The first kappa shape index (κ1) is 29.0. The van der Waals surface area contributed by atoms with E-state index in [0.29, 0.717) is 35.5 Å². The highest BCUT2D eigenvalue weighted by molar-refractivity contribution is 6.04. The Labute approximate surface area is 226 Å². The number of ether oxygens (including phenoxy) is 1. The van der Waals surface area contributed by atoms with E-state index in [2.05, 4.69) is 38.3 Å². The molecular weight excluding hydrogens is 478 g/mol. The molecule has 0 unspecified atom stereocenters. The number of carbonyl (C=O) groups is 3. The van der Waals surface area contributed by atoms with Crippen LogP contribution in [0.3, 0.4) is 0 Å². The molecule has 0 aliphatic carbocycles. The molecule has 0 radical (unpaired) electrons. The van der Waals surface area contributed by atoms with Crippen LogP contribution in [0.15, 0.2) is 60.2 Å². The van der Waals surface area contributed by atoms with Gasteiger partial charge in [-0.2, -0.15) is 0 Å². The highest BCUT2D eigenvalue weighted by Gasteiger charge is 2.38. The average molecular weight is 520 g/mol. The Balaban J connectivity index is 2.00. The van der Waals surface area contributed by atoms with Gasteiger partial charge in [-0.05, 0) is 54.4 Å². The molecule has 3 rings (SSSR count). The maximum Gasteiger partial charge on any atom is 0.338 e. The van der Waals surface area contributed by atoms with Gasteiger partial charge in [-0.1, -0.05) is 77.1 Å². The smallest absolute Gasteiger partial charge is 0.338 e. The molecule has 0 saturated carbocycles. The van der Waals surface area contributed by atoms with Crippen molar-refractivity contribution >= 4 is 29.3 Å². The lowest BCUT2D eigenvalue weighted by Gasteiger charge is -2.37. The molecule has 3 amide bonds. The van der Waals surface area contributed by atoms with Gasteiger partial charge >= 0.3 is 12.0 Å². The number of nitrogens with one attached hydrogen (secondary N) is 2. The molecule has 38 heavy (non-hydrogen) atoms. The molecule has 204 valence electrons. The van der Waals surface area contributed by atoms with Crippen LogP contribution in [-0.2, 0) is 14.3 Å². The van der Waals surface area contributed by atoms with Crippen molar-refractivity contribution in [2.75, 3.05) is 18.5 Å². The highest BCUT2D eigenvalue weighted by atomic mass is 16.5. The molecule has 7 heteroatoms. The van der Waals surface area contributed by atoms with Crippen LogP contribution in [-0.4, -0.2) is 36.0 Å². The van der Waals surface area contributed by atoms with Crippen LogP contribution < -0.4 is 10.6 Å². The van der Waals surface area contributed by atoms with Crippen molar-refractivity contribution in [3.05, 3.63) is 71.3 Å². The number of urea groups is 1. The SMILES string of the molecule is CCCN1C(=O)N[C@@H](c2cccc(NC(=O)C[C@@H](C)CC(C)(C)C)c2)C(C(=O)OCC)=C1c1ccccc1. The maximum absolute atomic E-state index is 13.4. The Morgan fingerprint density at radius 2 is 1.79 bits per heavy atom. The molecule has 2 aromatic rings. The molecule has 0 aromatic heterocycles. The van der Waals surface area contributed by atoms with E-state index in [1.807, 2.05) is 61.5 Å².